The Kier molecular flexibility index (Phi) is 8.18. The van der Waals surface area contributed by atoms with Crippen LogP contribution in [0.4, 0.5) is 5.13 Å². The molecule has 0 saturated carbocycles. The van der Waals surface area contributed by atoms with Crippen LogP contribution in [0.15, 0.2) is 59.7 Å². The minimum atomic E-state index is -0.420. The predicted molar refractivity (Wildman–Crippen MR) is 128 cm³/mol. The van der Waals surface area contributed by atoms with Gasteiger partial charge in [0.1, 0.15) is 0 Å². The van der Waals surface area contributed by atoms with Crippen LogP contribution in [0.2, 0.25) is 0 Å². The van der Waals surface area contributed by atoms with Crippen molar-refractivity contribution in [3.05, 3.63) is 66.0 Å². The van der Waals surface area contributed by atoms with Gasteiger partial charge < -0.3 is 15.2 Å². The molecular formula is C22H26N6O2S2. The summed E-state index contributed by atoms with van der Waals surface area (Å²) >= 11 is 2.66. The molecule has 168 valence electrons. The number of amides is 2. The number of thioether (sulfide) groups is 1. The topological polar surface area (TPSA) is 102 Å². The Morgan fingerprint density at radius 2 is 1.97 bits per heavy atom. The number of carbonyl (C=O) groups excluding carboxylic acids is 2. The van der Waals surface area contributed by atoms with Crippen molar-refractivity contribution < 1.29 is 9.59 Å². The minimum absolute atomic E-state index is 0.0684. The molecule has 1 aromatic carbocycles. The fraction of sp³-hybridized carbons (Fsp3) is 0.318. The van der Waals surface area contributed by atoms with Crippen molar-refractivity contribution in [1.82, 2.24) is 25.1 Å². The summed E-state index contributed by atoms with van der Waals surface area (Å²) in [7, 11) is 0. The van der Waals surface area contributed by atoms with Gasteiger partial charge in [0, 0.05) is 23.7 Å². The lowest BCUT2D eigenvalue weighted by molar-refractivity contribution is -0.115. The Labute approximate surface area is 195 Å². The lowest BCUT2D eigenvalue weighted by atomic mass is 10.0. The Balaban J connectivity index is 1.80. The maximum absolute atomic E-state index is 12.8. The number of nitrogens with one attached hydrogen (secondary N) is 2. The zero-order valence-corrected chi connectivity index (χ0v) is 19.8. The van der Waals surface area contributed by atoms with E-state index in [0.717, 1.165) is 0 Å². The van der Waals surface area contributed by atoms with Crippen molar-refractivity contribution in [2.24, 2.45) is 5.92 Å². The second-order valence-electron chi connectivity index (χ2n) is 7.39. The number of anilines is 1. The Hall–Kier alpha value is -2.98. The molecule has 3 rings (SSSR count). The predicted octanol–water partition coefficient (Wildman–Crippen LogP) is 4.17. The van der Waals surface area contributed by atoms with Gasteiger partial charge in [-0.1, -0.05) is 49.9 Å². The first kappa shape index (κ1) is 23.7. The van der Waals surface area contributed by atoms with Gasteiger partial charge in [-0.3, -0.25) is 9.59 Å². The molecule has 2 atom stereocenters. The Morgan fingerprint density at radius 3 is 2.59 bits per heavy atom. The van der Waals surface area contributed by atoms with E-state index in [4.69, 9.17) is 0 Å². The third-order valence-electron chi connectivity index (χ3n) is 4.64. The molecule has 3 aromatic rings. The quantitative estimate of drug-likeness (QED) is 0.341. The second-order valence-corrected chi connectivity index (χ2v) is 9.59. The summed E-state index contributed by atoms with van der Waals surface area (Å²) < 4.78 is 1.89. The van der Waals surface area contributed by atoms with Crippen LogP contribution in [0.3, 0.4) is 0 Å². The molecule has 0 spiro atoms. The number of thiazole rings is 1. The van der Waals surface area contributed by atoms with Crippen LogP contribution in [0.1, 0.15) is 43.0 Å². The number of allylic oxidation sites excluding steroid dienone is 1. The standard InChI is InChI=1S/C22H26N6O2S2/c1-5-12-28-18(17(14(2)3)24-20(30)16-9-7-6-8-10-16)26-27-22(28)32-15(4)19(29)25-21-23-11-13-31-21/h5-11,13-15,17H,1,12H2,2-4H3,(H,24,30)(H,23,25,29)/t15-,17-/m0/s1. The van der Waals surface area contributed by atoms with E-state index >= 15 is 0 Å². The van der Waals surface area contributed by atoms with Crippen LogP contribution in [0.5, 0.6) is 0 Å². The molecule has 8 nitrogen and oxygen atoms in total. The van der Waals surface area contributed by atoms with E-state index in [1.54, 1.807) is 36.7 Å². The fourth-order valence-corrected chi connectivity index (χ4v) is 4.36. The van der Waals surface area contributed by atoms with Gasteiger partial charge in [0.2, 0.25) is 5.91 Å². The molecule has 0 fully saturated rings. The van der Waals surface area contributed by atoms with Crippen molar-refractivity contribution in [2.75, 3.05) is 5.32 Å². The van der Waals surface area contributed by atoms with Gasteiger partial charge in [0.15, 0.2) is 16.1 Å². The monoisotopic (exact) mass is 470 g/mol. The molecule has 0 radical (unpaired) electrons. The summed E-state index contributed by atoms with van der Waals surface area (Å²) in [5, 5.41) is 17.1. The molecule has 2 heterocycles. The smallest absolute Gasteiger partial charge is 0.251 e. The van der Waals surface area contributed by atoms with Crippen molar-refractivity contribution in [3.8, 4) is 0 Å². The van der Waals surface area contributed by atoms with Crippen molar-refractivity contribution >= 4 is 40.0 Å². The Morgan fingerprint density at radius 1 is 1.22 bits per heavy atom. The zero-order chi connectivity index (χ0) is 23.1. The first-order valence-electron chi connectivity index (χ1n) is 10.2. The minimum Gasteiger partial charge on any atom is -0.342 e. The van der Waals surface area contributed by atoms with Crippen LogP contribution < -0.4 is 10.6 Å². The number of carbonyl (C=O) groups is 2. The van der Waals surface area contributed by atoms with E-state index in [1.165, 1.54) is 23.1 Å². The van der Waals surface area contributed by atoms with E-state index in [-0.39, 0.29) is 23.8 Å². The summed E-state index contributed by atoms with van der Waals surface area (Å²) in [5.74, 6) is 0.346. The van der Waals surface area contributed by atoms with E-state index in [9.17, 15) is 9.59 Å². The average Bonchev–Trinajstić information content (AvgIpc) is 3.43. The highest BCUT2D eigenvalue weighted by atomic mass is 32.2. The van der Waals surface area contributed by atoms with Gasteiger partial charge in [0.05, 0.1) is 11.3 Å². The highest BCUT2D eigenvalue weighted by molar-refractivity contribution is 8.00. The number of hydrogen-bond donors (Lipinski definition) is 2. The maximum atomic E-state index is 12.8. The maximum Gasteiger partial charge on any atom is 0.251 e. The highest BCUT2D eigenvalue weighted by Gasteiger charge is 2.27. The second kappa shape index (κ2) is 11.1. The largest absolute Gasteiger partial charge is 0.342 e. The summed E-state index contributed by atoms with van der Waals surface area (Å²) in [6, 6.07) is 8.70. The van der Waals surface area contributed by atoms with Gasteiger partial charge in [-0.15, -0.1) is 28.1 Å². The molecular weight excluding hydrogens is 444 g/mol. The molecule has 0 aliphatic carbocycles. The fourth-order valence-electron chi connectivity index (χ4n) is 2.97. The summed E-state index contributed by atoms with van der Waals surface area (Å²) in [6.07, 6.45) is 3.38. The Bertz CT molecular complexity index is 1050. The van der Waals surface area contributed by atoms with E-state index < -0.39 is 5.25 Å². The number of aromatic nitrogens is 4. The van der Waals surface area contributed by atoms with Gasteiger partial charge in [-0.05, 0) is 25.0 Å². The number of hydrogen-bond acceptors (Lipinski definition) is 7. The molecule has 32 heavy (non-hydrogen) atoms. The summed E-state index contributed by atoms with van der Waals surface area (Å²) in [5.41, 5.74) is 0.579. The van der Waals surface area contributed by atoms with Crippen molar-refractivity contribution in [3.63, 3.8) is 0 Å². The van der Waals surface area contributed by atoms with Crippen LogP contribution in [0.25, 0.3) is 0 Å². The highest BCUT2D eigenvalue weighted by Crippen LogP contribution is 2.28. The molecule has 0 aliphatic heterocycles. The van der Waals surface area contributed by atoms with E-state index in [0.29, 0.717) is 28.2 Å². The van der Waals surface area contributed by atoms with Gasteiger partial charge in [0.25, 0.3) is 5.91 Å². The van der Waals surface area contributed by atoms with Crippen LogP contribution in [-0.2, 0) is 11.3 Å². The molecule has 2 aromatic heterocycles. The third kappa shape index (κ3) is 5.83. The van der Waals surface area contributed by atoms with Gasteiger partial charge in [-0.2, -0.15) is 0 Å². The van der Waals surface area contributed by atoms with Crippen LogP contribution in [-0.4, -0.2) is 36.8 Å². The molecule has 0 aliphatic rings. The summed E-state index contributed by atoms with van der Waals surface area (Å²) in [6.45, 7) is 10.1. The lowest BCUT2D eigenvalue weighted by Gasteiger charge is -2.23. The SMILES string of the molecule is C=CCn1c(S[C@@H](C)C(=O)Nc2nccs2)nnc1[C@@H](NC(=O)c1ccccc1)C(C)C. The number of rotatable bonds is 10. The molecule has 0 unspecified atom stereocenters. The van der Waals surface area contributed by atoms with Crippen molar-refractivity contribution in [1.29, 1.82) is 0 Å². The normalized spacial score (nSPS) is 12.9. The summed E-state index contributed by atoms with van der Waals surface area (Å²) in [4.78, 5) is 29.4. The molecule has 2 amide bonds. The lowest BCUT2D eigenvalue weighted by Crippen LogP contribution is -2.34. The zero-order valence-electron chi connectivity index (χ0n) is 18.2. The van der Waals surface area contributed by atoms with E-state index in [1.807, 2.05) is 36.6 Å². The van der Waals surface area contributed by atoms with Gasteiger partial charge in [-0.25, -0.2) is 4.98 Å². The average molecular weight is 471 g/mol. The van der Waals surface area contributed by atoms with Crippen LogP contribution in [0, 0.1) is 5.92 Å². The van der Waals surface area contributed by atoms with Crippen molar-refractivity contribution in [2.45, 2.75) is 43.8 Å². The molecule has 0 saturated heterocycles. The first-order chi connectivity index (χ1) is 15.4. The molecule has 0 bridgehead atoms. The van der Waals surface area contributed by atoms with Gasteiger partial charge >= 0.3 is 0 Å². The third-order valence-corrected chi connectivity index (χ3v) is 6.41. The number of nitrogens with zero attached hydrogens (tertiary/aromatic N) is 4. The molecule has 10 heteroatoms. The van der Waals surface area contributed by atoms with E-state index in [2.05, 4.69) is 32.4 Å². The van der Waals surface area contributed by atoms with Crippen LogP contribution >= 0.6 is 23.1 Å². The first-order valence-corrected chi connectivity index (χ1v) is 11.9. The molecule has 2 N–H and O–H groups in total. The number of benzene rings is 1.